The average Bonchev–Trinajstić information content (AvgIpc) is 2.53. The molecule has 1 saturated heterocycles. The van der Waals surface area contributed by atoms with Crippen molar-refractivity contribution in [1.82, 2.24) is 4.90 Å². The van der Waals surface area contributed by atoms with Crippen LogP contribution in [-0.2, 0) is 4.74 Å². The highest BCUT2D eigenvalue weighted by molar-refractivity contribution is 5.94. The van der Waals surface area contributed by atoms with E-state index in [-0.39, 0.29) is 12.0 Å². The van der Waals surface area contributed by atoms with Crippen LogP contribution in [0, 0.1) is 11.8 Å². The van der Waals surface area contributed by atoms with Crippen LogP contribution in [0.4, 0.5) is 0 Å². The van der Waals surface area contributed by atoms with E-state index in [1.807, 2.05) is 36.1 Å². The topological polar surface area (TPSA) is 55.6 Å². The highest BCUT2D eigenvalue weighted by Gasteiger charge is 2.24. The summed E-state index contributed by atoms with van der Waals surface area (Å²) in [5, 5.41) is 0. The van der Waals surface area contributed by atoms with Crippen molar-refractivity contribution in [3.8, 4) is 11.8 Å². The van der Waals surface area contributed by atoms with E-state index in [1.165, 1.54) is 0 Å². The molecule has 0 aliphatic carbocycles. The molecule has 1 unspecified atom stereocenters. The quantitative estimate of drug-likeness (QED) is 0.859. The van der Waals surface area contributed by atoms with Crippen LogP contribution in [0.25, 0.3) is 0 Å². The minimum Gasteiger partial charge on any atom is -0.377 e. The maximum Gasteiger partial charge on any atom is 0.253 e. The van der Waals surface area contributed by atoms with Crippen LogP contribution in [-0.4, -0.2) is 43.2 Å². The third kappa shape index (κ3) is 4.32. The number of nitrogens with two attached hydrogens (primary N) is 1. The first-order valence-corrected chi connectivity index (χ1v) is 7.44. The van der Waals surface area contributed by atoms with E-state index in [4.69, 9.17) is 10.5 Å². The second kappa shape index (κ2) is 7.82. The molecule has 1 amide bonds. The number of hydrogen-bond donors (Lipinski definition) is 1. The lowest BCUT2D eigenvalue weighted by Gasteiger charge is -2.32. The van der Waals surface area contributed by atoms with Gasteiger partial charge in [-0.2, -0.15) is 0 Å². The molecule has 0 saturated carbocycles. The summed E-state index contributed by atoms with van der Waals surface area (Å²) in [4.78, 5) is 14.4. The van der Waals surface area contributed by atoms with Crippen molar-refractivity contribution in [2.24, 2.45) is 5.73 Å². The Hall–Kier alpha value is -1.83. The predicted molar refractivity (Wildman–Crippen MR) is 82.9 cm³/mol. The molecule has 1 heterocycles. The monoisotopic (exact) mass is 286 g/mol. The van der Waals surface area contributed by atoms with Crippen LogP contribution in [0.1, 0.15) is 35.7 Å². The zero-order valence-corrected chi connectivity index (χ0v) is 12.5. The van der Waals surface area contributed by atoms with E-state index in [9.17, 15) is 4.79 Å². The summed E-state index contributed by atoms with van der Waals surface area (Å²) in [5.41, 5.74) is 6.87. The van der Waals surface area contributed by atoms with Gasteiger partial charge in [-0.1, -0.05) is 17.9 Å². The van der Waals surface area contributed by atoms with Gasteiger partial charge in [0.25, 0.3) is 5.91 Å². The molecule has 1 aliphatic rings. The van der Waals surface area contributed by atoms with E-state index < -0.39 is 0 Å². The van der Waals surface area contributed by atoms with Gasteiger partial charge < -0.3 is 15.4 Å². The molecule has 4 heteroatoms. The fraction of sp³-hybridized carbons (Fsp3) is 0.471. The van der Waals surface area contributed by atoms with Gasteiger partial charge in [0, 0.05) is 30.8 Å². The highest BCUT2D eigenvalue weighted by Crippen LogP contribution is 2.16. The number of benzene rings is 1. The summed E-state index contributed by atoms with van der Waals surface area (Å²) in [6.45, 7) is 4.46. The Morgan fingerprint density at radius 3 is 3.14 bits per heavy atom. The van der Waals surface area contributed by atoms with E-state index in [1.54, 1.807) is 0 Å². The highest BCUT2D eigenvalue weighted by atomic mass is 16.5. The van der Waals surface area contributed by atoms with Gasteiger partial charge in [0.2, 0.25) is 0 Å². The molecule has 0 aromatic heterocycles. The fourth-order valence-corrected chi connectivity index (χ4v) is 2.56. The fourth-order valence-electron chi connectivity index (χ4n) is 2.56. The summed E-state index contributed by atoms with van der Waals surface area (Å²) in [7, 11) is 0. The number of hydrogen-bond acceptors (Lipinski definition) is 3. The Balaban J connectivity index is 2.08. The minimum absolute atomic E-state index is 0.0517. The zero-order chi connectivity index (χ0) is 15.1. The molecule has 4 nitrogen and oxygen atoms in total. The number of nitrogens with zero attached hydrogens (tertiary/aromatic N) is 1. The van der Waals surface area contributed by atoms with Crippen LogP contribution < -0.4 is 5.73 Å². The third-order valence-corrected chi connectivity index (χ3v) is 3.51. The van der Waals surface area contributed by atoms with Crippen molar-refractivity contribution >= 4 is 5.91 Å². The second-order valence-electron chi connectivity index (χ2n) is 5.06. The van der Waals surface area contributed by atoms with Crippen molar-refractivity contribution < 1.29 is 9.53 Å². The molecule has 0 spiro atoms. The maximum absolute atomic E-state index is 12.6. The summed E-state index contributed by atoms with van der Waals surface area (Å²) < 4.78 is 5.65. The van der Waals surface area contributed by atoms with Crippen molar-refractivity contribution in [3.05, 3.63) is 35.4 Å². The molecule has 21 heavy (non-hydrogen) atoms. The minimum atomic E-state index is 0.0517. The lowest BCUT2D eigenvalue weighted by Crippen LogP contribution is -2.43. The van der Waals surface area contributed by atoms with Crippen molar-refractivity contribution in [1.29, 1.82) is 0 Å². The molecule has 1 aliphatic heterocycles. The molecule has 0 bridgehead atoms. The van der Waals surface area contributed by atoms with Gasteiger partial charge >= 0.3 is 0 Å². The van der Waals surface area contributed by atoms with E-state index in [0.717, 1.165) is 24.9 Å². The van der Waals surface area contributed by atoms with Crippen molar-refractivity contribution in [2.75, 3.05) is 26.2 Å². The van der Waals surface area contributed by atoms with Gasteiger partial charge in [-0.05, 0) is 38.0 Å². The maximum atomic E-state index is 12.6. The zero-order valence-electron chi connectivity index (χ0n) is 12.5. The van der Waals surface area contributed by atoms with Gasteiger partial charge in [-0.15, -0.1) is 0 Å². The molecule has 112 valence electrons. The first-order valence-electron chi connectivity index (χ1n) is 7.44. The molecular formula is C17H22N2O2. The average molecular weight is 286 g/mol. The first-order chi connectivity index (χ1) is 10.2. The second-order valence-corrected chi connectivity index (χ2v) is 5.06. The third-order valence-electron chi connectivity index (χ3n) is 3.51. The molecular weight excluding hydrogens is 264 g/mol. The van der Waals surface area contributed by atoms with Gasteiger partial charge in [-0.25, -0.2) is 0 Å². The summed E-state index contributed by atoms with van der Waals surface area (Å²) in [6.07, 6.45) is 2.18. The molecule has 2 rings (SSSR count). The largest absolute Gasteiger partial charge is 0.377 e. The number of carbonyl (C=O) groups excluding carboxylic acids is 1. The van der Waals surface area contributed by atoms with Gasteiger partial charge in [-0.3, -0.25) is 4.79 Å². The first kappa shape index (κ1) is 15.6. The Labute approximate surface area is 126 Å². The van der Waals surface area contributed by atoms with Crippen LogP contribution in [0.3, 0.4) is 0 Å². The molecule has 1 fully saturated rings. The Bertz CT molecular complexity index is 543. The van der Waals surface area contributed by atoms with Gasteiger partial charge in [0.15, 0.2) is 0 Å². The van der Waals surface area contributed by atoms with Crippen molar-refractivity contribution in [3.63, 3.8) is 0 Å². The number of carbonyl (C=O) groups is 1. The Morgan fingerprint density at radius 1 is 1.52 bits per heavy atom. The van der Waals surface area contributed by atoms with Gasteiger partial charge in [0.1, 0.15) is 0 Å². The van der Waals surface area contributed by atoms with Crippen LogP contribution >= 0.6 is 0 Å². The SMILES string of the molecule is CCOC1CCCN(C(=O)c2cccc(C#CCN)c2)C1. The molecule has 1 aromatic carbocycles. The summed E-state index contributed by atoms with van der Waals surface area (Å²) in [6, 6.07) is 7.41. The van der Waals surface area contributed by atoms with E-state index in [0.29, 0.717) is 25.3 Å². The molecule has 2 N–H and O–H groups in total. The standard InChI is InChI=1S/C17H22N2O2/c1-2-21-16-9-5-11-19(13-16)17(20)15-8-3-6-14(12-15)7-4-10-18/h3,6,8,12,16H,2,5,9-11,13,18H2,1H3. The molecule has 0 radical (unpaired) electrons. The number of rotatable bonds is 3. The van der Waals surface area contributed by atoms with Crippen LogP contribution in [0.5, 0.6) is 0 Å². The summed E-state index contributed by atoms with van der Waals surface area (Å²) >= 11 is 0. The van der Waals surface area contributed by atoms with E-state index in [2.05, 4.69) is 11.8 Å². The van der Waals surface area contributed by atoms with Gasteiger partial charge in [0.05, 0.1) is 12.6 Å². The van der Waals surface area contributed by atoms with Crippen molar-refractivity contribution in [2.45, 2.75) is 25.9 Å². The lowest BCUT2D eigenvalue weighted by atomic mass is 10.1. The molecule has 1 aromatic rings. The normalized spacial score (nSPS) is 18.0. The smallest absolute Gasteiger partial charge is 0.253 e. The lowest BCUT2D eigenvalue weighted by molar-refractivity contribution is 0.00724. The summed E-state index contributed by atoms with van der Waals surface area (Å²) in [5.74, 6) is 5.82. The number of ether oxygens (including phenoxy) is 1. The van der Waals surface area contributed by atoms with E-state index >= 15 is 0 Å². The number of piperidine rings is 1. The Morgan fingerprint density at radius 2 is 2.38 bits per heavy atom. The predicted octanol–water partition coefficient (Wildman–Crippen LogP) is 1.64. The van der Waals surface area contributed by atoms with Crippen LogP contribution in [0.2, 0.25) is 0 Å². The Kier molecular flexibility index (Phi) is 5.79. The van der Waals surface area contributed by atoms with Crippen LogP contribution in [0.15, 0.2) is 24.3 Å². The number of amides is 1. The number of likely N-dealkylation sites (tertiary alicyclic amines) is 1. The molecule has 1 atom stereocenters.